The number of aromatic carboxylic acids is 1. The Labute approximate surface area is 68.1 Å². The highest BCUT2D eigenvalue weighted by Gasteiger charge is 2.13. The zero-order valence-corrected chi connectivity index (χ0v) is 5.98. The molecular formula is C7H5N3O2. The Bertz CT molecular complexity index is 367. The summed E-state index contributed by atoms with van der Waals surface area (Å²) in [5.41, 5.74) is 5.07. The summed E-state index contributed by atoms with van der Waals surface area (Å²) in [5.74, 6) is -1.25. The van der Waals surface area contributed by atoms with E-state index in [4.69, 9.17) is 16.1 Å². The number of carboxylic acid groups (broad SMARTS) is 1. The fraction of sp³-hybridized carbons (Fsp3) is 0. The average Bonchev–Trinajstić information content (AvgIpc) is 2.03. The lowest BCUT2D eigenvalue weighted by atomic mass is 10.2. The quantitative estimate of drug-likeness (QED) is 0.617. The smallest absolute Gasteiger partial charge is 0.355 e. The first kappa shape index (κ1) is 8.01. The van der Waals surface area contributed by atoms with Crippen LogP contribution < -0.4 is 5.73 Å². The van der Waals surface area contributed by atoms with Crippen molar-refractivity contribution in [1.29, 1.82) is 5.26 Å². The van der Waals surface area contributed by atoms with Gasteiger partial charge >= 0.3 is 5.97 Å². The fourth-order valence-corrected chi connectivity index (χ4v) is 0.756. The molecule has 1 aromatic heterocycles. The molecule has 0 saturated carbocycles. The largest absolute Gasteiger partial charge is 0.476 e. The van der Waals surface area contributed by atoms with Crippen LogP contribution >= 0.6 is 0 Å². The minimum atomic E-state index is -1.25. The number of hydrogen-bond donors (Lipinski definition) is 2. The molecule has 0 aromatic carbocycles. The second-order valence-corrected chi connectivity index (χ2v) is 2.04. The summed E-state index contributed by atoms with van der Waals surface area (Å²) in [7, 11) is 0. The molecule has 1 rings (SSSR count). The number of hydrogen-bond acceptors (Lipinski definition) is 4. The predicted molar refractivity (Wildman–Crippen MR) is 40.3 cm³/mol. The lowest BCUT2D eigenvalue weighted by Gasteiger charge is -1.98. The summed E-state index contributed by atoms with van der Waals surface area (Å²) >= 11 is 0. The molecular weight excluding hydrogens is 158 g/mol. The summed E-state index contributed by atoms with van der Waals surface area (Å²) in [6.07, 6.45) is 1.25. The van der Waals surface area contributed by atoms with Crippen LogP contribution in [0.2, 0.25) is 0 Å². The third-order valence-electron chi connectivity index (χ3n) is 1.30. The number of rotatable bonds is 1. The number of carbonyl (C=O) groups is 1. The first-order valence-corrected chi connectivity index (χ1v) is 3.04. The highest BCUT2D eigenvalue weighted by Crippen LogP contribution is 2.12. The van der Waals surface area contributed by atoms with Crippen molar-refractivity contribution in [2.24, 2.45) is 0 Å². The first-order chi connectivity index (χ1) is 5.66. The Morgan fingerprint density at radius 3 is 2.83 bits per heavy atom. The molecule has 5 heteroatoms. The number of nitrogens with zero attached hydrogens (tertiary/aromatic N) is 2. The van der Waals surface area contributed by atoms with Crippen molar-refractivity contribution in [3.8, 4) is 6.07 Å². The normalized spacial score (nSPS) is 8.92. The first-order valence-electron chi connectivity index (χ1n) is 3.04. The van der Waals surface area contributed by atoms with Gasteiger partial charge in [0.15, 0.2) is 5.69 Å². The molecule has 3 N–H and O–H groups in total. The van der Waals surface area contributed by atoms with E-state index in [0.717, 1.165) is 0 Å². The molecule has 0 aliphatic heterocycles. The molecule has 0 spiro atoms. The zero-order chi connectivity index (χ0) is 9.14. The molecule has 1 aromatic rings. The van der Waals surface area contributed by atoms with E-state index in [1.165, 1.54) is 12.3 Å². The fourth-order valence-electron chi connectivity index (χ4n) is 0.756. The van der Waals surface area contributed by atoms with Gasteiger partial charge < -0.3 is 10.8 Å². The van der Waals surface area contributed by atoms with Crippen LogP contribution in [0.5, 0.6) is 0 Å². The molecule has 0 unspecified atom stereocenters. The molecule has 1 heterocycles. The highest BCUT2D eigenvalue weighted by molar-refractivity contribution is 5.90. The number of anilines is 1. The van der Waals surface area contributed by atoms with Crippen LogP contribution in [-0.4, -0.2) is 16.1 Å². The van der Waals surface area contributed by atoms with Crippen LogP contribution in [0, 0.1) is 11.3 Å². The molecule has 0 bridgehead atoms. The predicted octanol–water partition coefficient (Wildman–Crippen LogP) is 0.234. The van der Waals surface area contributed by atoms with Crippen LogP contribution in [-0.2, 0) is 0 Å². The van der Waals surface area contributed by atoms with Gasteiger partial charge in [-0.05, 0) is 6.07 Å². The van der Waals surface area contributed by atoms with Crippen LogP contribution in [0.15, 0.2) is 12.3 Å². The molecule has 0 fully saturated rings. The van der Waals surface area contributed by atoms with Gasteiger partial charge in [0.25, 0.3) is 0 Å². The summed E-state index contributed by atoms with van der Waals surface area (Å²) in [6.45, 7) is 0. The van der Waals surface area contributed by atoms with E-state index in [-0.39, 0.29) is 16.9 Å². The van der Waals surface area contributed by atoms with Gasteiger partial charge in [-0.3, -0.25) is 0 Å². The van der Waals surface area contributed by atoms with Crippen molar-refractivity contribution >= 4 is 11.7 Å². The van der Waals surface area contributed by atoms with Crippen molar-refractivity contribution in [3.05, 3.63) is 23.5 Å². The second kappa shape index (κ2) is 2.88. The summed E-state index contributed by atoms with van der Waals surface area (Å²) in [4.78, 5) is 14.0. The monoisotopic (exact) mass is 163 g/mol. The second-order valence-electron chi connectivity index (χ2n) is 2.04. The molecule has 0 radical (unpaired) electrons. The number of carboxylic acids is 1. The number of pyridine rings is 1. The van der Waals surface area contributed by atoms with Crippen molar-refractivity contribution < 1.29 is 9.90 Å². The Kier molecular flexibility index (Phi) is 1.92. The van der Waals surface area contributed by atoms with Crippen LogP contribution in [0.3, 0.4) is 0 Å². The maximum absolute atomic E-state index is 10.5. The highest BCUT2D eigenvalue weighted by atomic mass is 16.4. The molecule has 0 saturated heterocycles. The molecule has 0 aliphatic carbocycles. The van der Waals surface area contributed by atoms with Crippen LogP contribution in [0.25, 0.3) is 0 Å². The van der Waals surface area contributed by atoms with E-state index in [9.17, 15) is 4.79 Å². The van der Waals surface area contributed by atoms with Crippen molar-refractivity contribution in [3.63, 3.8) is 0 Å². The number of nitriles is 1. The van der Waals surface area contributed by atoms with Crippen LogP contribution in [0.4, 0.5) is 5.69 Å². The van der Waals surface area contributed by atoms with Crippen molar-refractivity contribution in [2.45, 2.75) is 0 Å². The van der Waals surface area contributed by atoms with Gasteiger partial charge in [-0.15, -0.1) is 0 Å². The Hall–Kier alpha value is -2.09. The molecule has 0 atom stereocenters. The van der Waals surface area contributed by atoms with Crippen molar-refractivity contribution in [2.75, 3.05) is 5.73 Å². The SMILES string of the molecule is N#Cc1c(N)ccnc1C(=O)O. The average molecular weight is 163 g/mol. The standard InChI is InChI=1S/C7H5N3O2/c8-3-4-5(9)1-2-10-6(4)7(11)12/h1-2H,(H2,9,10)(H,11,12). The van der Waals surface area contributed by atoms with Gasteiger partial charge in [0, 0.05) is 6.20 Å². The summed E-state index contributed by atoms with van der Waals surface area (Å²) in [5, 5.41) is 17.1. The van der Waals surface area contributed by atoms with Gasteiger partial charge in [-0.1, -0.05) is 0 Å². The minimum absolute atomic E-state index is 0.0926. The Morgan fingerprint density at radius 2 is 2.42 bits per heavy atom. The maximum atomic E-state index is 10.5. The Balaban J connectivity index is 3.40. The molecule has 0 aliphatic rings. The van der Waals surface area contributed by atoms with Crippen molar-refractivity contribution in [1.82, 2.24) is 4.98 Å². The van der Waals surface area contributed by atoms with Gasteiger partial charge in [-0.25, -0.2) is 9.78 Å². The van der Waals surface area contributed by atoms with E-state index in [2.05, 4.69) is 4.98 Å². The minimum Gasteiger partial charge on any atom is -0.476 e. The van der Waals surface area contributed by atoms with Gasteiger partial charge in [0.2, 0.25) is 0 Å². The third-order valence-corrected chi connectivity index (χ3v) is 1.30. The van der Waals surface area contributed by atoms with E-state index in [1.54, 1.807) is 6.07 Å². The number of aromatic nitrogens is 1. The third kappa shape index (κ3) is 1.18. The summed E-state index contributed by atoms with van der Waals surface area (Å²) < 4.78 is 0. The van der Waals surface area contributed by atoms with Gasteiger partial charge in [-0.2, -0.15) is 5.26 Å². The van der Waals surface area contributed by atoms with E-state index in [0.29, 0.717) is 0 Å². The number of nitrogens with two attached hydrogens (primary N) is 1. The van der Waals surface area contributed by atoms with E-state index < -0.39 is 5.97 Å². The zero-order valence-electron chi connectivity index (χ0n) is 5.98. The van der Waals surface area contributed by atoms with E-state index >= 15 is 0 Å². The lowest BCUT2D eigenvalue weighted by Crippen LogP contribution is -2.05. The topological polar surface area (TPSA) is 100 Å². The molecule has 60 valence electrons. The number of nitrogen functional groups attached to an aromatic ring is 1. The Morgan fingerprint density at radius 1 is 1.75 bits per heavy atom. The lowest BCUT2D eigenvalue weighted by molar-refractivity contribution is 0.0690. The molecule has 0 amide bonds. The maximum Gasteiger partial charge on any atom is 0.355 e. The summed E-state index contributed by atoms with van der Waals surface area (Å²) in [6, 6.07) is 3.06. The van der Waals surface area contributed by atoms with Crippen LogP contribution in [0.1, 0.15) is 16.1 Å². The van der Waals surface area contributed by atoms with Gasteiger partial charge in [0.05, 0.1) is 5.69 Å². The van der Waals surface area contributed by atoms with Gasteiger partial charge in [0.1, 0.15) is 11.6 Å². The van der Waals surface area contributed by atoms with E-state index in [1.807, 2.05) is 0 Å². The molecule has 12 heavy (non-hydrogen) atoms. The molecule has 5 nitrogen and oxygen atoms in total.